The molecule has 1 aliphatic heterocycles. The zero-order valence-corrected chi connectivity index (χ0v) is 23.0. The monoisotopic (exact) mass is 532 g/mol. The lowest BCUT2D eigenvalue weighted by atomic mass is 9.69. The van der Waals surface area contributed by atoms with Gasteiger partial charge in [0.05, 0.1) is 22.7 Å². The van der Waals surface area contributed by atoms with E-state index in [1.807, 2.05) is 58.0 Å². The number of para-hydroxylation sites is 1. The summed E-state index contributed by atoms with van der Waals surface area (Å²) < 4.78 is 15.1. The number of fused-ring (bicyclic) bond motifs is 1. The number of hydrogen-bond donors (Lipinski definition) is 2. The number of nitrogens with two attached hydrogens (primary N) is 1. The number of aliphatic imine (C=N–C) groups is 1. The molecule has 1 aliphatic carbocycles. The summed E-state index contributed by atoms with van der Waals surface area (Å²) in [4.78, 5) is 47.0. The summed E-state index contributed by atoms with van der Waals surface area (Å²) in [5.41, 5.74) is 6.52. The fraction of sp³-hybridized carbons (Fsp3) is 0.419. The highest BCUT2D eigenvalue weighted by molar-refractivity contribution is 6.20. The molecule has 4 rings (SSSR count). The second kappa shape index (κ2) is 11.5. The highest BCUT2D eigenvalue weighted by Crippen LogP contribution is 2.43. The van der Waals surface area contributed by atoms with Crippen molar-refractivity contribution in [1.29, 1.82) is 0 Å². The van der Waals surface area contributed by atoms with Gasteiger partial charge >= 0.3 is 0 Å². The maximum atomic E-state index is 15.1. The Balaban J connectivity index is 1.82. The Morgan fingerprint density at radius 2 is 1.64 bits per heavy atom. The molecular weight excluding hydrogens is 495 g/mol. The molecule has 0 spiro atoms. The molecule has 3 amide bonds. The van der Waals surface area contributed by atoms with E-state index < -0.39 is 41.0 Å². The molecule has 8 heteroatoms. The van der Waals surface area contributed by atoms with Crippen LogP contribution in [0.5, 0.6) is 0 Å². The number of allylic oxidation sites excluding steroid dienone is 2. The van der Waals surface area contributed by atoms with Crippen LogP contribution in [0.2, 0.25) is 0 Å². The number of carbonyl (C=O) groups is 3. The first-order chi connectivity index (χ1) is 18.5. The molecule has 7 nitrogen and oxygen atoms in total. The van der Waals surface area contributed by atoms with Crippen molar-refractivity contribution in [3.05, 3.63) is 77.6 Å². The summed E-state index contributed by atoms with van der Waals surface area (Å²) in [5, 5.41) is 2.85. The minimum Gasteiger partial charge on any atom is -0.369 e. The van der Waals surface area contributed by atoms with Gasteiger partial charge in [0.1, 0.15) is 5.82 Å². The highest BCUT2D eigenvalue weighted by atomic mass is 19.1. The maximum absolute atomic E-state index is 15.1. The van der Waals surface area contributed by atoms with Crippen molar-refractivity contribution in [3.8, 4) is 0 Å². The molecule has 206 valence electrons. The molecule has 39 heavy (non-hydrogen) atoms. The molecule has 0 aromatic heterocycles. The molecule has 2 aromatic carbocycles. The molecule has 0 radical (unpaired) electrons. The van der Waals surface area contributed by atoms with E-state index in [0.29, 0.717) is 37.1 Å². The topological polar surface area (TPSA) is 105 Å². The van der Waals surface area contributed by atoms with Gasteiger partial charge in [-0.25, -0.2) is 9.38 Å². The maximum Gasteiger partial charge on any atom is 0.272 e. The number of carbonyl (C=O) groups excluding carboxylic acids is 3. The zero-order chi connectivity index (χ0) is 28.3. The van der Waals surface area contributed by atoms with E-state index in [0.717, 1.165) is 0 Å². The van der Waals surface area contributed by atoms with Gasteiger partial charge in [0.25, 0.3) is 5.91 Å². The van der Waals surface area contributed by atoms with Gasteiger partial charge in [0.2, 0.25) is 18.0 Å². The lowest BCUT2D eigenvalue weighted by Crippen LogP contribution is -2.54. The molecule has 0 saturated carbocycles. The number of benzene rings is 2. The molecule has 2 atom stereocenters. The van der Waals surface area contributed by atoms with E-state index in [1.165, 1.54) is 6.07 Å². The van der Waals surface area contributed by atoms with Crippen LogP contribution in [-0.2, 0) is 14.4 Å². The van der Waals surface area contributed by atoms with Crippen molar-refractivity contribution in [1.82, 2.24) is 5.32 Å². The van der Waals surface area contributed by atoms with Crippen LogP contribution in [0, 0.1) is 29.0 Å². The van der Waals surface area contributed by atoms with Gasteiger partial charge in [0.15, 0.2) is 0 Å². The SMILES string of the molecule is CC(C)CC(C(=O)NC1N=C(c2ccccc2F)c2ccccc2N(CC(C)C)C1=O)C1(C(N)=O)CC=CC1. The van der Waals surface area contributed by atoms with Gasteiger partial charge in [0, 0.05) is 17.7 Å². The van der Waals surface area contributed by atoms with E-state index >= 15 is 4.39 Å². The lowest BCUT2D eigenvalue weighted by molar-refractivity contribution is -0.141. The third kappa shape index (κ3) is 5.65. The number of nitrogens with zero attached hydrogens (tertiary/aromatic N) is 2. The van der Waals surface area contributed by atoms with Crippen molar-refractivity contribution < 1.29 is 18.8 Å². The minimum atomic E-state index is -1.31. The van der Waals surface area contributed by atoms with Crippen LogP contribution in [0.1, 0.15) is 58.1 Å². The number of primary amides is 1. The van der Waals surface area contributed by atoms with Gasteiger partial charge in [-0.2, -0.15) is 0 Å². The van der Waals surface area contributed by atoms with Crippen LogP contribution in [-0.4, -0.2) is 36.1 Å². The van der Waals surface area contributed by atoms with E-state index in [2.05, 4.69) is 5.32 Å². The summed E-state index contributed by atoms with van der Waals surface area (Å²) >= 11 is 0. The van der Waals surface area contributed by atoms with Crippen molar-refractivity contribution >= 4 is 29.1 Å². The molecule has 1 heterocycles. The summed E-state index contributed by atoms with van der Waals surface area (Å²) in [7, 11) is 0. The number of amides is 3. The van der Waals surface area contributed by atoms with E-state index in [1.54, 1.807) is 29.2 Å². The molecular formula is C31H37FN4O3. The largest absolute Gasteiger partial charge is 0.369 e. The standard InChI is InChI=1S/C31H37FN4O3/c1-19(2)17-23(31(30(33)39)15-9-10-16-31)28(37)35-27-29(38)36(18-20(3)4)25-14-8-6-12-22(25)26(34-27)21-11-5-7-13-24(21)32/h5-14,19-20,23,27H,15-18H2,1-4H3,(H2,33,39)(H,35,37). The first-order valence-electron chi connectivity index (χ1n) is 13.5. The zero-order valence-electron chi connectivity index (χ0n) is 23.0. The quantitative estimate of drug-likeness (QED) is 0.462. The van der Waals surface area contributed by atoms with Gasteiger partial charge in [-0.05, 0) is 49.3 Å². The Hall–Kier alpha value is -3.81. The number of nitrogens with one attached hydrogen (secondary N) is 1. The van der Waals surface area contributed by atoms with E-state index in [4.69, 9.17) is 10.7 Å². The fourth-order valence-electron chi connectivity index (χ4n) is 5.56. The average Bonchev–Trinajstić information content (AvgIpc) is 3.36. The van der Waals surface area contributed by atoms with Crippen molar-refractivity contribution in [2.75, 3.05) is 11.4 Å². The first-order valence-corrected chi connectivity index (χ1v) is 13.5. The summed E-state index contributed by atoms with van der Waals surface area (Å²) in [6.07, 6.45) is 3.57. The number of benzodiazepines with no additional fused rings is 1. The Morgan fingerprint density at radius 3 is 2.23 bits per heavy atom. The van der Waals surface area contributed by atoms with Crippen LogP contribution in [0.3, 0.4) is 0 Å². The Labute approximate surface area is 229 Å². The van der Waals surface area contributed by atoms with Crippen molar-refractivity contribution in [3.63, 3.8) is 0 Å². The Bertz CT molecular complexity index is 1310. The van der Waals surface area contributed by atoms with E-state index in [-0.39, 0.29) is 23.1 Å². The highest BCUT2D eigenvalue weighted by Gasteiger charge is 2.49. The molecule has 2 aliphatic rings. The van der Waals surface area contributed by atoms with Crippen molar-refractivity contribution in [2.24, 2.45) is 33.9 Å². The van der Waals surface area contributed by atoms with Crippen LogP contribution in [0.4, 0.5) is 10.1 Å². The first kappa shape index (κ1) is 28.2. The van der Waals surface area contributed by atoms with Crippen LogP contribution < -0.4 is 16.0 Å². The normalized spacial score (nSPS) is 19.1. The van der Waals surface area contributed by atoms with Crippen LogP contribution in [0.15, 0.2) is 65.7 Å². The second-order valence-corrected chi connectivity index (χ2v) is 11.3. The Morgan fingerprint density at radius 1 is 1.03 bits per heavy atom. The van der Waals surface area contributed by atoms with Gasteiger partial charge in [-0.15, -0.1) is 0 Å². The summed E-state index contributed by atoms with van der Waals surface area (Å²) in [6, 6.07) is 13.5. The third-order valence-corrected chi connectivity index (χ3v) is 7.48. The summed E-state index contributed by atoms with van der Waals surface area (Å²) in [6.45, 7) is 8.32. The Kier molecular flexibility index (Phi) is 8.33. The van der Waals surface area contributed by atoms with Gasteiger partial charge in [-0.1, -0.05) is 70.2 Å². The summed E-state index contributed by atoms with van der Waals surface area (Å²) in [5.74, 6) is -2.44. The second-order valence-electron chi connectivity index (χ2n) is 11.3. The van der Waals surface area contributed by atoms with Gasteiger partial charge in [-0.3, -0.25) is 14.4 Å². The molecule has 0 saturated heterocycles. The number of anilines is 1. The predicted octanol–water partition coefficient (Wildman–Crippen LogP) is 4.59. The number of rotatable bonds is 9. The molecule has 2 aromatic rings. The lowest BCUT2D eigenvalue weighted by Gasteiger charge is -2.35. The van der Waals surface area contributed by atoms with E-state index in [9.17, 15) is 14.4 Å². The third-order valence-electron chi connectivity index (χ3n) is 7.48. The fourth-order valence-corrected chi connectivity index (χ4v) is 5.56. The number of halogens is 1. The predicted molar refractivity (Wildman–Crippen MR) is 151 cm³/mol. The average molecular weight is 533 g/mol. The van der Waals surface area contributed by atoms with Crippen molar-refractivity contribution in [2.45, 2.75) is 53.1 Å². The molecule has 3 N–H and O–H groups in total. The molecule has 0 fully saturated rings. The molecule has 0 bridgehead atoms. The number of hydrogen-bond acceptors (Lipinski definition) is 4. The smallest absolute Gasteiger partial charge is 0.272 e. The van der Waals surface area contributed by atoms with Crippen LogP contribution in [0.25, 0.3) is 0 Å². The van der Waals surface area contributed by atoms with Crippen LogP contribution >= 0.6 is 0 Å². The molecule has 2 unspecified atom stereocenters. The van der Waals surface area contributed by atoms with Gasteiger partial charge < -0.3 is 16.0 Å². The minimum absolute atomic E-state index is 0.0987.